The van der Waals surface area contributed by atoms with Crippen LogP contribution in [-0.2, 0) is 11.3 Å². The fourth-order valence-electron chi connectivity index (χ4n) is 2.50. The Morgan fingerprint density at radius 3 is 2.78 bits per heavy atom. The van der Waals surface area contributed by atoms with Gasteiger partial charge in [-0.2, -0.15) is 0 Å². The molecule has 1 amide bonds. The minimum atomic E-state index is -1.11. The Balaban J connectivity index is 1.65. The first kappa shape index (κ1) is 15.4. The number of aromatic carboxylic acids is 1. The fourth-order valence-corrected chi connectivity index (χ4v) is 3.33. The number of nitrogens with zero attached hydrogens (tertiary/aromatic N) is 3. The van der Waals surface area contributed by atoms with Crippen molar-refractivity contribution in [3.8, 4) is 0 Å². The highest BCUT2D eigenvalue weighted by molar-refractivity contribution is 7.13. The van der Waals surface area contributed by atoms with Crippen molar-refractivity contribution in [2.75, 3.05) is 6.54 Å². The van der Waals surface area contributed by atoms with Gasteiger partial charge < -0.3 is 9.84 Å². The Labute approximate surface area is 136 Å². The van der Waals surface area contributed by atoms with Gasteiger partial charge in [-0.1, -0.05) is 41.7 Å². The topological polar surface area (TPSA) is 92.6 Å². The van der Waals surface area contributed by atoms with Crippen LogP contribution in [0.5, 0.6) is 0 Å². The van der Waals surface area contributed by atoms with Crippen LogP contribution in [0.4, 0.5) is 4.79 Å². The first-order chi connectivity index (χ1) is 11.1. The third kappa shape index (κ3) is 3.48. The molecule has 2 heterocycles. The van der Waals surface area contributed by atoms with Crippen molar-refractivity contribution < 1.29 is 19.4 Å². The van der Waals surface area contributed by atoms with Gasteiger partial charge in [0.05, 0.1) is 6.04 Å². The number of rotatable bonds is 4. The molecule has 1 N–H and O–H groups in total. The highest BCUT2D eigenvalue weighted by atomic mass is 32.1. The molecule has 3 rings (SSSR count). The van der Waals surface area contributed by atoms with E-state index in [0.29, 0.717) is 11.6 Å². The van der Waals surface area contributed by atoms with Crippen molar-refractivity contribution in [3.05, 3.63) is 45.9 Å². The van der Waals surface area contributed by atoms with E-state index in [4.69, 9.17) is 9.84 Å². The minimum Gasteiger partial charge on any atom is -0.476 e. The molecule has 2 aromatic rings. The molecule has 120 valence electrons. The van der Waals surface area contributed by atoms with Crippen molar-refractivity contribution in [3.63, 3.8) is 0 Å². The summed E-state index contributed by atoms with van der Waals surface area (Å²) in [6.07, 6.45) is 1.14. The van der Waals surface area contributed by atoms with Crippen LogP contribution in [-0.4, -0.2) is 38.8 Å². The lowest BCUT2D eigenvalue weighted by Gasteiger charge is -2.22. The summed E-state index contributed by atoms with van der Waals surface area (Å²) >= 11 is 1.00. The third-order valence-corrected chi connectivity index (χ3v) is 4.61. The molecule has 1 aliphatic heterocycles. The lowest BCUT2D eigenvalue weighted by atomic mass is 10.2. The van der Waals surface area contributed by atoms with Gasteiger partial charge in [-0.25, -0.2) is 9.59 Å². The van der Waals surface area contributed by atoms with Gasteiger partial charge in [-0.15, -0.1) is 10.2 Å². The smallest absolute Gasteiger partial charge is 0.410 e. The summed E-state index contributed by atoms with van der Waals surface area (Å²) in [7, 11) is 0. The van der Waals surface area contributed by atoms with Gasteiger partial charge in [0.1, 0.15) is 11.6 Å². The van der Waals surface area contributed by atoms with E-state index in [9.17, 15) is 9.59 Å². The van der Waals surface area contributed by atoms with E-state index in [2.05, 4.69) is 10.2 Å². The molecule has 8 heteroatoms. The number of aromatic nitrogens is 2. The number of carboxylic acid groups (broad SMARTS) is 1. The number of hydrogen-bond donors (Lipinski definition) is 1. The second-order valence-corrected chi connectivity index (χ2v) is 6.15. The maximum Gasteiger partial charge on any atom is 0.410 e. The zero-order valence-corrected chi connectivity index (χ0v) is 13.0. The molecule has 1 fully saturated rings. The summed E-state index contributed by atoms with van der Waals surface area (Å²) in [5, 5.41) is 16.9. The van der Waals surface area contributed by atoms with E-state index in [-0.39, 0.29) is 17.7 Å². The van der Waals surface area contributed by atoms with E-state index in [1.165, 1.54) is 0 Å². The highest BCUT2D eigenvalue weighted by Crippen LogP contribution is 2.34. The molecular formula is C15H15N3O4S. The molecule has 0 bridgehead atoms. The highest BCUT2D eigenvalue weighted by Gasteiger charge is 2.34. The zero-order chi connectivity index (χ0) is 16.2. The van der Waals surface area contributed by atoms with Gasteiger partial charge in [0.2, 0.25) is 5.01 Å². The molecule has 0 spiro atoms. The standard InChI is InChI=1S/C15H15N3O4S/c19-14(20)13-17-16-12(23-13)11-7-4-8-18(11)15(21)22-9-10-5-2-1-3-6-10/h1-3,5-6,11H,4,7-9H2,(H,19,20). The summed E-state index contributed by atoms with van der Waals surface area (Å²) < 4.78 is 5.35. The SMILES string of the molecule is O=C(O)c1nnc(C2CCCN2C(=O)OCc2ccccc2)s1. The normalized spacial score (nSPS) is 17.2. The Bertz CT molecular complexity index is 704. The van der Waals surface area contributed by atoms with Crippen LogP contribution in [0.2, 0.25) is 0 Å². The largest absolute Gasteiger partial charge is 0.476 e. The van der Waals surface area contributed by atoms with Crippen LogP contribution >= 0.6 is 11.3 Å². The van der Waals surface area contributed by atoms with Crippen LogP contribution in [0, 0.1) is 0 Å². The second kappa shape index (κ2) is 6.74. The van der Waals surface area contributed by atoms with E-state index in [1.807, 2.05) is 30.3 Å². The fraction of sp³-hybridized carbons (Fsp3) is 0.333. The number of amides is 1. The van der Waals surface area contributed by atoms with Gasteiger partial charge in [-0.05, 0) is 18.4 Å². The first-order valence-electron chi connectivity index (χ1n) is 7.19. The monoisotopic (exact) mass is 333 g/mol. The molecule has 1 unspecified atom stereocenters. The zero-order valence-electron chi connectivity index (χ0n) is 12.2. The van der Waals surface area contributed by atoms with E-state index in [1.54, 1.807) is 4.90 Å². The molecular weight excluding hydrogens is 318 g/mol. The molecule has 1 atom stereocenters. The number of carboxylic acids is 1. The molecule has 0 saturated carbocycles. The Morgan fingerprint density at radius 1 is 1.30 bits per heavy atom. The number of carbonyl (C=O) groups excluding carboxylic acids is 1. The molecule has 1 aromatic carbocycles. The van der Waals surface area contributed by atoms with Crippen molar-refractivity contribution in [1.29, 1.82) is 0 Å². The summed E-state index contributed by atoms with van der Waals surface area (Å²) in [5.74, 6) is -1.11. The van der Waals surface area contributed by atoms with Gasteiger partial charge in [0.25, 0.3) is 0 Å². The number of carbonyl (C=O) groups is 2. The molecule has 1 aromatic heterocycles. The van der Waals surface area contributed by atoms with Crippen LogP contribution < -0.4 is 0 Å². The number of hydrogen-bond acceptors (Lipinski definition) is 6. The van der Waals surface area contributed by atoms with Gasteiger partial charge >= 0.3 is 12.1 Å². The quantitative estimate of drug-likeness (QED) is 0.925. The van der Waals surface area contributed by atoms with Gasteiger partial charge in [-0.3, -0.25) is 4.90 Å². The molecule has 23 heavy (non-hydrogen) atoms. The molecule has 0 radical (unpaired) electrons. The van der Waals surface area contributed by atoms with Crippen LogP contribution in [0.1, 0.15) is 39.3 Å². The summed E-state index contributed by atoms with van der Waals surface area (Å²) in [4.78, 5) is 24.8. The maximum absolute atomic E-state index is 12.3. The van der Waals surface area contributed by atoms with Crippen molar-refractivity contribution in [1.82, 2.24) is 15.1 Å². The summed E-state index contributed by atoms with van der Waals surface area (Å²) in [6, 6.07) is 9.19. The maximum atomic E-state index is 12.3. The number of benzene rings is 1. The predicted molar refractivity (Wildman–Crippen MR) is 82.2 cm³/mol. The molecule has 1 aliphatic rings. The van der Waals surface area contributed by atoms with E-state index in [0.717, 1.165) is 29.7 Å². The van der Waals surface area contributed by atoms with Gasteiger partial charge in [0.15, 0.2) is 0 Å². The minimum absolute atomic E-state index is 0.0653. The van der Waals surface area contributed by atoms with Crippen molar-refractivity contribution in [2.45, 2.75) is 25.5 Å². The van der Waals surface area contributed by atoms with Crippen LogP contribution in [0.15, 0.2) is 30.3 Å². The molecule has 1 saturated heterocycles. The van der Waals surface area contributed by atoms with Gasteiger partial charge in [0, 0.05) is 6.54 Å². The van der Waals surface area contributed by atoms with E-state index < -0.39 is 12.1 Å². The Hall–Kier alpha value is -2.48. The average molecular weight is 333 g/mol. The summed E-state index contributed by atoms with van der Waals surface area (Å²) in [6.45, 7) is 0.777. The molecule has 0 aliphatic carbocycles. The third-order valence-electron chi connectivity index (χ3n) is 3.60. The Morgan fingerprint density at radius 2 is 2.09 bits per heavy atom. The number of likely N-dealkylation sites (tertiary alicyclic amines) is 1. The molecule has 7 nitrogen and oxygen atoms in total. The summed E-state index contributed by atoms with van der Waals surface area (Å²) in [5.41, 5.74) is 0.917. The van der Waals surface area contributed by atoms with Crippen LogP contribution in [0.25, 0.3) is 0 Å². The second-order valence-electron chi connectivity index (χ2n) is 5.14. The Kier molecular flexibility index (Phi) is 4.52. The van der Waals surface area contributed by atoms with Crippen LogP contribution in [0.3, 0.4) is 0 Å². The van der Waals surface area contributed by atoms with Crippen molar-refractivity contribution >= 4 is 23.4 Å². The number of ether oxygens (including phenoxy) is 1. The lowest BCUT2D eigenvalue weighted by molar-refractivity contribution is 0.0695. The lowest BCUT2D eigenvalue weighted by Crippen LogP contribution is -2.31. The first-order valence-corrected chi connectivity index (χ1v) is 8.01. The predicted octanol–water partition coefficient (Wildman–Crippen LogP) is 2.71. The van der Waals surface area contributed by atoms with E-state index >= 15 is 0 Å². The van der Waals surface area contributed by atoms with Crippen molar-refractivity contribution in [2.24, 2.45) is 0 Å². The average Bonchev–Trinajstić information content (AvgIpc) is 3.22.